The second-order valence-electron chi connectivity index (χ2n) is 3.29. The summed E-state index contributed by atoms with van der Waals surface area (Å²) in [6.45, 7) is 0. The first kappa shape index (κ1) is 12.1. The number of benzene rings is 1. The fourth-order valence-electron chi connectivity index (χ4n) is 1.35. The van der Waals surface area contributed by atoms with Crippen molar-refractivity contribution in [3.8, 4) is 5.69 Å². The van der Waals surface area contributed by atoms with Gasteiger partial charge in [0, 0.05) is 6.07 Å². The molecule has 1 aromatic heterocycles. The van der Waals surface area contributed by atoms with Crippen LogP contribution in [0.1, 0.15) is 0 Å². The first-order valence-corrected chi connectivity index (χ1v) is 6.10. The van der Waals surface area contributed by atoms with Crippen molar-refractivity contribution in [3.63, 3.8) is 0 Å². The third-order valence-electron chi connectivity index (χ3n) is 2.14. The largest absolute Gasteiger partial charge is 0.296 e. The molecule has 2 N–H and O–H groups in total. The Labute approximate surface area is 101 Å². The number of nitrogens with two attached hydrogens (primary N) is 1. The standard InChI is InChI=1S/C8H7N5O4S/c9-18(16,17)6-1-2-7(8(3-6)13(14)15)12-5-10-4-11-12/h1-5H,(H2,9,16,17). The summed E-state index contributed by atoms with van der Waals surface area (Å²) >= 11 is 0. The summed E-state index contributed by atoms with van der Waals surface area (Å²) < 4.78 is 23.4. The van der Waals surface area contributed by atoms with Crippen LogP contribution in [0.4, 0.5) is 5.69 Å². The molecule has 0 saturated heterocycles. The summed E-state index contributed by atoms with van der Waals surface area (Å²) in [7, 11) is -3.99. The van der Waals surface area contributed by atoms with Gasteiger partial charge in [0.25, 0.3) is 5.69 Å². The van der Waals surface area contributed by atoms with E-state index >= 15 is 0 Å². The maximum Gasteiger partial charge on any atom is 0.296 e. The molecule has 0 atom stereocenters. The lowest BCUT2D eigenvalue weighted by Crippen LogP contribution is -2.13. The lowest BCUT2D eigenvalue weighted by atomic mass is 10.3. The summed E-state index contributed by atoms with van der Waals surface area (Å²) in [4.78, 5) is 13.5. The van der Waals surface area contributed by atoms with Crippen LogP contribution >= 0.6 is 0 Å². The zero-order valence-corrected chi connectivity index (χ0v) is 9.61. The molecule has 10 heteroatoms. The Bertz CT molecular complexity index is 694. The van der Waals surface area contributed by atoms with Gasteiger partial charge in [0.05, 0.1) is 9.82 Å². The highest BCUT2D eigenvalue weighted by Gasteiger charge is 2.20. The van der Waals surface area contributed by atoms with Gasteiger partial charge in [-0.15, -0.1) is 0 Å². The van der Waals surface area contributed by atoms with E-state index < -0.39 is 20.6 Å². The van der Waals surface area contributed by atoms with Crippen LogP contribution < -0.4 is 5.14 Å². The van der Waals surface area contributed by atoms with Crippen LogP contribution in [0.3, 0.4) is 0 Å². The van der Waals surface area contributed by atoms with Gasteiger partial charge in [0.15, 0.2) is 0 Å². The Balaban J connectivity index is 2.67. The highest BCUT2D eigenvalue weighted by Crippen LogP contribution is 2.24. The van der Waals surface area contributed by atoms with Crippen molar-refractivity contribution >= 4 is 15.7 Å². The van der Waals surface area contributed by atoms with Crippen LogP contribution in [0.25, 0.3) is 5.69 Å². The van der Waals surface area contributed by atoms with Crippen molar-refractivity contribution in [2.24, 2.45) is 5.14 Å². The Kier molecular flexibility index (Phi) is 2.80. The average Bonchev–Trinajstić information content (AvgIpc) is 2.80. The predicted octanol–water partition coefficient (Wildman–Crippen LogP) is -0.177. The molecule has 0 fully saturated rings. The first-order chi connectivity index (χ1) is 8.39. The van der Waals surface area contributed by atoms with Crippen molar-refractivity contribution in [1.82, 2.24) is 14.8 Å². The summed E-state index contributed by atoms with van der Waals surface area (Å²) in [6.07, 6.45) is 2.47. The number of nitro benzene ring substituents is 1. The van der Waals surface area contributed by atoms with Gasteiger partial charge in [-0.3, -0.25) is 10.1 Å². The van der Waals surface area contributed by atoms with Gasteiger partial charge in [0.2, 0.25) is 10.0 Å². The Hall–Kier alpha value is -2.33. The van der Waals surface area contributed by atoms with Crippen LogP contribution in [-0.2, 0) is 10.0 Å². The molecule has 2 aromatic rings. The Morgan fingerprint density at radius 2 is 2.11 bits per heavy atom. The minimum absolute atomic E-state index is 0.102. The second kappa shape index (κ2) is 4.16. The molecule has 0 aliphatic rings. The van der Waals surface area contributed by atoms with Gasteiger partial charge in [0.1, 0.15) is 18.3 Å². The Morgan fingerprint density at radius 3 is 2.61 bits per heavy atom. The molecule has 1 aromatic carbocycles. The second-order valence-corrected chi connectivity index (χ2v) is 4.85. The zero-order valence-electron chi connectivity index (χ0n) is 8.79. The van der Waals surface area contributed by atoms with Crippen LogP contribution in [0.5, 0.6) is 0 Å². The molecule has 2 rings (SSSR count). The van der Waals surface area contributed by atoms with Crippen LogP contribution in [0, 0.1) is 10.1 Å². The van der Waals surface area contributed by atoms with Gasteiger partial charge in [-0.2, -0.15) is 5.10 Å². The van der Waals surface area contributed by atoms with Gasteiger partial charge in [-0.25, -0.2) is 23.2 Å². The van der Waals surface area contributed by atoms with Gasteiger partial charge in [-0.05, 0) is 12.1 Å². The van der Waals surface area contributed by atoms with Crippen LogP contribution in [-0.4, -0.2) is 28.1 Å². The van der Waals surface area contributed by atoms with E-state index in [-0.39, 0.29) is 10.6 Å². The van der Waals surface area contributed by atoms with Crippen LogP contribution in [0.2, 0.25) is 0 Å². The molecule has 1 heterocycles. The quantitative estimate of drug-likeness (QED) is 0.606. The van der Waals surface area contributed by atoms with E-state index in [4.69, 9.17) is 5.14 Å². The molecule has 0 aliphatic carbocycles. The molecule has 0 radical (unpaired) electrons. The van der Waals surface area contributed by atoms with Gasteiger partial charge in [-0.1, -0.05) is 0 Å². The number of hydrogen-bond acceptors (Lipinski definition) is 6. The van der Waals surface area contributed by atoms with Gasteiger partial charge >= 0.3 is 0 Å². The van der Waals surface area contributed by atoms with E-state index in [1.807, 2.05) is 0 Å². The number of hydrogen-bond donors (Lipinski definition) is 1. The molecule has 0 spiro atoms. The van der Waals surface area contributed by atoms with Crippen molar-refractivity contribution < 1.29 is 13.3 Å². The summed E-state index contributed by atoms with van der Waals surface area (Å²) in [5.41, 5.74) is -0.322. The molecular weight excluding hydrogens is 262 g/mol. The number of nitro groups is 1. The number of nitrogens with zero attached hydrogens (tertiary/aromatic N) is 4. The van der Waals surface area contributed by atoms with Crippen molar-refractivity contribution in [1.29, 1.82) is 0 Å². The Morgan fingerprint density at radius 1 is 1.39 bits per heavy atom. The summed E-state index contributed by atoms with van der Waals surface area (Å²) in [6, 6.07) is 3.29. The maximum atomic E-state index is 11.1. The van der Waals surface area contributed by atoms with E-state index in [0.29, 0.717) is 0 Å². The van der Waals surface area contributed by atoms with E-state index in [1.54, 1.807) is 0 Å². The molecule has 9 nitrogen and oxygen atoms in total. The highest BCUT2D eigenvalue weighted by atomic mass is 32.2. The minimum atomic E-state index is -3.99. The van der Waals surface area contributed by atoms with E-state index in [2.05, 4.69) is 10.1 Å². The monoisotopic (exact) mass is 269 g/mol. The predicted molar refractivity (Wildman–Crippen MR) is 59.4 cm³/mol. The van der Waals surface area contributed by atoms with E-state index in [1.165, 1.54) is 24.8 Å². The SMILES string of the molecule is NS(=O)(=O)c1ccc(-n2cncn2)c([N+](=O)[O-])c1. The molecular formula is C8H7N5O4S. The normalized spacial score (nSPS) is 11.4. The molecule has 0 bridgehead atoms. The molecule has 0 unspecified atom stereocenters. The number of rotatable bonds is 3. The van der Waals surface area contributed by atoms with Crippen LogP contribution in [0.15, 0.2) is 35.7 Å². The molecule has 0 saturated carbocycles. The number of primary sulfonamides is 1. The lowest BCUT2D eigenvalue weighted by molar-refractivity contribution is -0.384. The lowest BCUT2D eigenvalue weighted by Gasteiger charge is -2.04. The van der Waals surface area contributed by atoms with Crippen molar-refractivity contribution in [3.05, 3.63) is 41.0 Å². The maximum absolute atomic E-state index is 11.1. The average molecular weight is 269 g/mol. The van der Waals surface area contributed by atoms with Crippen molar-refractivity contribution in [2.45, 2.75) is 4.90 Å². The third kappa shape index (κ3) is 2.19. The number of sulfonamides is 1. The minimum Gasteiger partial charge on any atom is -0.258 e. The van der Waals surface area contributed by atoms with Crippen molar-refractivity contribution in [2.75, 3.05) is 0 Å². The molecule has 0 aliphatic heterocycles. The van der Waals surface area contributed by atoms with E-state index in [0.717, 1.165) is 10.7 Å². The summed E-state index contributed by atoms with van der Waals surface area (Å²) in [5, 5.41) is 19.6. The topological polar surface area (TPSA) is 134 Å². The zero-order chi connectivity index (χ0) is 13.3. The highest BCUT2D eigenvalue weighted by molar-refractivity contribution is 7.89. The molecule has 94 valence electrons. The molecule has 18 heavy (non-hydrogen) atoms. The molecule has 0 amide bonds. The van der Waals surface area contributed by atoms with E-state index in [9.17, 15) is 18.5 Å². The fraction of sp³-hybridized carbons (Fsp3) is 0. The smallest absolute Gasteiger partial charge is 0.258 e. The first-order valence-electron chi connectivity index (χ1n) is 4.56. The fourth-order valence-corrected chi connectivity index (χ4v) is 1.89. The summed E-state index contributed by atoms with van der Waals surface area (Å²) in [5.74, 6) is 0. The number of aromatic nitrogens is 3. The third-order valence-corrected chi connectivity index (χ3v) is 3.05. The van der Waals surface area contributed by atoms with Gasteiger partial charge < -0.3 is 0 Å².